The van der Waals surface area contributed by atoms with E-state index < -0.39 is 5.91 Å². The maximum Gasteiger partial charge on any atom is 0.269 e. The molecule has 2 N–H and O–H groups in total. The summed E-state index contributed by atoms with van der Waals surface area (Å²) >= 11 is 6.93. The molecule has 0 saturated heterocycles. The van der Waals surface area contributed by atoms with Gasteiger partial charge in [-0.2, -0.15) is 0 Å². The number of carbonyl (C=O) groups is 1. The summed E-state index contributed by atoms with van der Waals surface area (Å²) in [4.78, 5) is 18.4. The maximum absolute atomic E-state index is 10.7. The largest absolute Gasteiger partial charge is 0.364 e. The minimum absolute atomic E-state index is 0.0658. The van der Waals surface area contributed by atoms with E-state index in [9.17, 15) is 4.79 Å². The van der Waals surface area contributed by atoms with Gasteiger partial charge in [0.15, 0.2) is 10.9 Å². The maximum atomic E-state index is 10.7. The third-order valence-electron chi connectivity index (χ3n) is 1.14. The highest BCUT2D eigenvalue weighted by molar-refractivity contribution is 7.98. The second-order valence-corrected chi connectivity index (χ2v) is 3.10. The molecule has 0 aliphatic heterocycles. The first-order valence-corrected chi connectivity index (χ1v) is 4.61. The van der Waals surface area contributed by atoms with Gasteiger partial charge in [-0.15, -0.1) is 0 Å². The number of rotatable bonds is 2. The molecule has 1 aromatic rings. The van der Waals surface area contributed by atoms with Gasteiger partial charge < -0.3 is 5.73 Å². The zero-order chi connectivity index (χ0) is 9.14. The Balaban J connectivity index is 3.17. The molecule has 0 aliphatic rings. The fraction of sp³-hybridized carbons (Fsp3) is 0.167. The van der Waals surface area contributed by atoms with E-state index in [1.807, 2.05) is 0 Å². The monoisotopic (exact) mass is 203 g/mol. The van der Waals surface area contributed by atoms with Gasteiger partial charge in [0.1, 0.15) is 0 Å². The minimum atomic E-state index is -0.641. The lowest BCUT2D eigenvalue weighted by atomic mass is 10.4. The Bertz CT molecular complexity index is 318. The van der Waals surface area contributed by atoms with Crippen LogP contribution in [0.3, 0.4) is 0 Å². The quantitative estimate of drug-likeness (QED) is 0.574. The molecule has 0 aromatic carbocycles. The predicted molar refractivity (Wildman–Crippen MR) is 47.3 cm³/mol. The molecular formula is C6H6ClN3OS. The highest BCUT2D eigenvalue weighted by Crippen LogP contribution is 2.15. The molecule has 0 unspecified atom stereocenters. The van der Waals surface area contributed by atoms with Gasteiger partial charge in [-0.25, -0.2) is 9.97 Å². The van der Waals surface area contributed by atoms with Crippen LogP contribution in [0.25, 0.3) is 0 Å². The lowest BCUT2D eigenvalue weighted by Gasteiger charge is -1.99. The van der Waals surface area contributed by atoms with Crippen molar-refractivity contribution in [1.29, 1.82) is 0 Å². The first-order chi connectivity index (χ1) is 5.65. The third-order valence-corrected chi connectivity index (χ3v) is 1.98. The molecule has 1 aromatic heterocycles. The van der Waals surface area contributed by atoms with Crippen molar-refractivity contribution < 1.29 is 4.79 Å². The molecule has 0 radical (unpaired) electrons. The van der Waals surface area contributed by atoms with Gasteiger partial charge in [0.2, 0.25) is 0 Å². The summed E-state index contributed by atoms with van der Waals surface area (Å²) in [6.45, 7) is 0. The van der Waals surface area contributed by atoms with Gasteiger partial charge in [0, 0.05) is 0 Å². The summed E-state index contributed by atoms with van der Waals surface area (Å²) < 4.78 is 0. The molecule has 0 atom stereocenters. The van der Waals surface area contributed by atoms with Crippen LogP contribution in [0.15, 0.2) is 11.4 Å². The van der Waals surface area contributed by atoms with Gasteiger partial charge in [-0.1, -0.05) is 23.4 Å². The van der Waals surface area contributed by atoms with E-state index in [0.29, 0.717) is 5.16 Å². The summed E-state index contributed by atoms with van der Waals surface area (Å²) in [5.41, 5.74) is 5.08. The highest BCUT2D eigenvalue weighted by atomic mass is 35.5. The van der Waals surface area contributed by atoms with Crippen LogP contribution in [0.4, 0.5) is 0 Å². The number of primary amides is 1. The van der Waals surface area contributed by atoms with Crippen molar-refractivity contribution in [3.05, 3.63) is 16.9 Å². The van der Waals surface area contributed by atoms with Crippen LogP contribution in [0, 0.1) is 0 Å². The van der Waals surface area contributed by atoms with E-state index in [2.05, 4.69) is 9.97 Å². The van der Waals surface area contributed by atoms with Crippen molar-refractivity contribution in [1.82, 2.24) is 9.97 Å². The molecule has 6 heteroatoms. The van der Waals surface area contributed by atoms with Gasteiger partial charge in [0.25, 0.3) is 5.91 Å². The van der Waals surface area contributed by atoms with Crippen LogP contribution in [-0.2, 0) is 0 Å². The molecule has 1 amide bonds. The normalized spacial score (nSPS) is 9.83. The second kappa shape index (κ2) is 3.73. The Kier molecular flexibility index (Phi) is 2.88. The SMILES string of the molecule is CSc1ncc(Cl)c(C(N)=O)n1. The summed E-state index contributed by atoms with van der Waals surface area (Å²) in [5.74, 6) is -0.641. The highest BCUT2D eigenvalue weighted by Gasteiger charge is 2.09. The Morgan fingerprint density at radius 3 is 2.92 bits per heavy atom. The molecule has 12 heavy (non-hydrogen) atoms. The molecule has 0 bridgehead atoms. The number of nitrogens with two attached hydrogens (primary N) is 1. The molecule has 64 valence electrons. The standard InChI is InChI=1S/C6H6ClN3OS/c1-12-6-9-2-3(7)4(10-6)5(8)11/h2H,1H3,(H2,8,11). The molecule has 0 aliphatic carbocycles. The van der Waals surface area contributed by atoms with E-state index in [-0.39, 0.29) is 10.7 Å². The van der Waals surface area contributed by atoms with Crippen molar-refractivity contribution in [2.45, 2.75) is 5.16 Å². The van der Waals surface area contributed by atoms with Crippen LogP contribution < -0.4 is 5.73 Å². The van der Waals surface area contributed by atoms with E-state index >= 15 is 0 Å². The van der Waals surface area contributed by atoms with Gasteiger partial charge in [-0.3, -0.25) is 4.79 Å². The Labute approximate surface area is 78.5 Å². The number of nitrogens with zero attached hydrogens (tertiary/aromatic N) is 2. The number of amides is 1. The Morgan fingerprint density at radius 2 is 2.42 bits per heavy atom. The zero-order valence-electron chi connectivity index (χ0n) is 6.24. The molecule has 0 saturated carbocycles. The number of hydrogen-bond acceptors (Lipinski definition) is 4. The minimum Gasteiger partial charge on any atom is -0.364 e. The number of carbonyl (C=O) groups excluding carboxylic acids is 1. The van der Waals surface area contributed by atoms with Gasteiger partial charge >= 0.3 is 0 Å². The molecule has 4 nitrogen and oxygen atoms in total. The van der Waals surface area contributed by atoms with Gasteiger partial charge in [0.05, 0.1) is 11.2 Å². The van der Waals surface area contributed by atoms with Crippen molar-refractivity contribution >= 4 is 29.3 Å². The second-order valence-electron chi connectivity index (χ2n) is 1.92. The summed E-state index contributed by atoms with van der Waals surface area (Å²) in [6.07, 6.45) is 3.16. The number of halogens is 1. The Hall–Kier alpha value is -0.810. The summed E-state index contributed by atoms with van der Waals surface area (Å²) in [6, 6.07) is 0. The van der Waals surface area contributed by atoms with Crippen LogP contribution in [0.1, 0.15) is 10.5 Å². The molecule has 1 heterocycles. The molecule has 0 fully saturated rings. The molecular weight excluding hydrogens is 198 g/mol. The lowest BCUT2D eigenvalue weighted by Crippen LogP contribution is -2.14. The average Bonchev–Trinajstić information content (AvgIpc) is 2.05. The summed E-state index contributed by atoms with van der Waals surface area (Å²) in [7, 11) is 0. The zero-order valence-corrected chi connectivity index (χ0v) is 7.82. The van der Waals surface area contributed by atoms with Crippen molar-refractivity contribution in [3.8, 4) is 0 Å². The molecule has 0 spiro atoms. The van der Waals surface area contributed by atoms with E-state index in [1.54, 1.807) is 6.26 Å². The van der Waals surface area contributed by atoms with Gasteiger partial charge in [-0.05, 0) is 6.26 Å². The van der Waals surface area contributed by atoms with Crippen molar-refractivity contribution in [2.24, 2.45) is 5.73 Å². The fourth-order valence-corrected chi connectivity index (χ4v) is 1.15. The molecule has 1 rings (SSSR count). The van der Waals surface area contributed by atoms with Crippen LogP contribution in [0.5, 0.6) is 0 Å². The first-order valence-electron chi connectivity index (χ1n) is 3.01. The summed E-state index contributed by atoms with van der Waals surface area (Å²) in [5, 5.41) is 0.661. The van der Waals surface area contributed by atoms with Crippen molar-refractivity contribution in [3.63, 3.8) is 0 Å². The third kappa shape index (κ3) is 1.86. The van der Waals surface area contributed by atoms with E-state index in [1.165, 1.54) is 18.0 Å². The van der Waals surface area contributed by atoms with Crippen LogP contribution in [0.2, 0.25) is 5.02 Å². The lowest BCUT2D eigenvalue weighted by molar-refractivity contribution is 0.0995. The number of aromatic nitrogens is 2. The van der Waals surface area contributed by atoms with E-state index in [4.69, 9.17) is 17.3 Å². The number of hydrogen-bond donors (Lipinski definition) is 1. The number of thioether (sulfide) groups is 1. The Morgan fingerprint density at radius 1 is 1.75 bits per heavy atom. The van der Waals surface area contributed by atoms with Crippen LogP contribution in [-0.4, -0.2) is 22.1 Å². The van der Waals surface area contributed by atoms with Crippen molar-refractivity contribution in [2.75, 3.05) is 6.26 Å². The van der Waals surface area contributed by atoms with E-state index in [0.717, 1.165) is 0 Å². The predicted octanol–water partition coefficient (Wildman–Crippen LogP) is 0.951. The van der Waals surface area contributed by atoms with Crippen LogP contribution >= 0.6 is 23.4 Å². The smallest absolute Gasteiger partial charge is 0.269 e. The average molecular weight is 204 g/mol. The topological polar surface area (TPSA) is 68.9 Å². The first kappa shape index (κ1) is 9.28. The fourth-order valence-electron chi connectivity index (χ4n) is 0.622.